The Morgan fingerprint density at radius 1 is 0.973 bits per heavy atom. The molecule has 2 fully saturated rings. The van der Waals surface area contributed by atoms with Gasteiger partial charge in [0.15, 0.2) is 0 Å². The molecule has 1 aliphatic carbocycles. The van der Waals surface area contributed by atoms with Gasteiger partial charge in [-0.3, -0.25) is 4.79 Å². The van der Waals surface area contributed by atoms with Crippen molar-refractivity contribution in [1.82, 2.24) is 25.6 Å². The van der Waals surface area contributed by atoms with E-state index in [1.165, 1.54) is 4.90 Å². The number of aromatic nitrogens is 3. The fourth-order valence-corrected chi connectivity index (χ4v) is 4.92. The van der Waals surface area contributed by atoms with Crippen LogP contribution in [0.2, 0.25) is 0 Å². The fraction of sp³-hybridized carbons (Fsp3) is 0.391. The molecule has 3 atom stereocenters. The molecule has 196 valence electrons. The average molecular weight is 527 g/mol. The minimum Gasteiger partial charge on any atom is -0.445 e. The van der Waals surface area contributed by atoms with Crippen LogP contribution in [0.4, 0.5) is 31.1 Å². The summed E-state index contributed by atoms with van der Waals surface area (Å²) < 4.78 is 83.4. The molecule has 8 nitrogen and oxygen atoms in total. The zero-order valence-electron chi connectivity index (χ0n) is 18.9. The maximum atomic E-state index is 13.1. The van der Waals surface area contributed by atoms with E-state index in [1.807, 2.05) is 0 Å². The maximum absolute atomic E-state index is 13.1. The van der Waals surface area contributed by atoms with Crippen LogP contribution in [0.1, 0.15) is 39.9 Å². The summed E-state index contributed by atoms with van der Waals surface area (Å²) in [4.78, 5) is 26.7. The molecule has 3 aromatic rings. The fourth-order valence-electron chi connectivity index (χ4n) is 4.92. The summed E-state index contributed by atoms with van der Waals surface area (Å²) in [5.41, 5.74) is -1.82. The molecule has 5 rings (SSSR count). The van der Waals surface area contributed by atoms with E-state index >= 15 is 0 Å². The second kappa shape index (κ2) is 8.92. The number of alkyl halides is 6. The Morgan fingerprint density at radius 2 is 1.65 bits per heavy atom. The van der Waals surface area contributed by atoms with Gasteiger partial charge >= 0.3 is 18.4 Å². The molecule has 2 amide bonds. The van der Waals surface area contributed by atoms with Crippen molar-refractivity contribution in [2.75, 3.05) is 6.54 Å². The third-order valence-electron chi connectivity index (χ3n) is 6.68. The van der Waals surface area contributed by atoms with Gasteiger partial charge in [0.1, 0.15) is 17.6 Å². The van der Waals surface area contributed by atoms with Gasteiger partial charge in [0.05, 0.1) is 11.1 Å². The highest BCUT2D eigenvalue weighted by Gasteiger charge is 2.47. The van der Waals surface area contributed by atoms with Crippen molar-refractivity contribution < 1.29 is 40.7 Å². The van der Waals surface area contributed by atoms with Crippen molar-refractivity contribution in [3.8, 4) is 0 Å². The van der Waals surface area contributed by atoms with Crippen molar-refractivity contribution in [3.05, 3.63) is 58.7 Å². The highest BCUT2D eigenvalue weighted by atomic mass is 19.4. The number of H-pyrrole nitrogens is 1. The predicted octanol–water partition coefficient (Wildman–Crippen LogP) is 4.52. The molecule has 0 spiro atoms. The molecule has 14 heteroatoms. The molecule has 37 heavy (non-hydrogen) atoms. The summed E-state index contributed by atoms with van der Waals surface area (Å²) in [5.74, 6) is -0.371. The number of piperidine rings is 1. The van der Waals surface area contributed by atoms with Crippen LogP contribution in [0, 0.1) is 5.92 Å². The average Bonchev–Trinajstić information content (AvgIpc) is 3.56. The van der Waals surface area contributed by atoms with Gasteiger partial charge in [0.25, 0.3) is 5.91 Å². The van der Waals surface area contributed by atoms with Crippen molar-refractivity contribution in [2.24, 2.45) is 5.92 Å². The van der Waals surface area contributed by atoms with Crippen LogP contribution in [0.5, 0.6) is 0 Å². The van der Waals surface area contributed by atoms with Gasteiger partial charge in [-0.05, 0) is 60.7 Å². The van der Waals surface area contributed by atoms with E-state index in [0.717, 1.165) is 0 Å². The number of nitrogens with zero attached hydrogens (tertiary/aromatic N) is 3. The van der Waals surface area contributed by atoms with Crippen LogP contribution in [0.25, 0.3) is 11.0 Å². The van der Waals surface area contributed by atoms with Crippen molar-refractivity contribution in [1.29, 1.82) is 0 Å². The van der Waals surface area contributed by atoms with E-state index in [-0.39, 0.29) is 36.5 Å². The number of amides is 2. The van der Waals surface area contributed by atoms with E-state index in [0.29, 0.717) is 41.6 Å². The Morgan fingerprint density at radius 3 is 2.27 bits per heavy atom. The largest absolute Gasteiger partial charge is 0.445 e. The second-order valence-corrected chi connectivity index (χ2v) is 9.11. The van der Waals surface area contributed by atoms with E-state index < -0.39 is 41.7 Å². The Kier molecular flexibility index (Phi) is 5.99. The first-order valence-electron chi connectivity index (χ1n) is 11.2. The summed E-state index contributed by atoms with van der Waals surface area (Å²) in [6.45, 7) is -0.502. The Hall–Kier alpha value is -3.84. The number of ether oxygens (including phenoxy) is 1. The van der Waals surface area contributed by atoms with Gasteiger partial charge in [-0.2, -0.15) is 41.8 Å². The molecule has 2 N–H and O–H groups in total. The third kappa shape index (κ3) is 5.04. The molecule has 1 saturated carbocycles. The van der Waals surface area contributed by atoms with E-state index in [2.05, 4.69) is 20.7 Å². The number of benzene rings is 2. The molecular weight excluding hydrogens is 508 g/mol. The van der Waals surface area contributed by atoms with Crippen molar-refractivity contribution in [3.63, 3.8) is 0 Å². The monoisotopic (exact) mass is 527 g/mol. The molecule has 0 radical (unpaired) electrons. The Bertz CT molecular complexity index is 1320. The lowest BCUT2D eigenvalue weighted by Crippen LogP contribution is -2.47. The first kappa shape index (κ1) is 24.8. The number of nitrogens with one attached hydrogen (secondary N) is 2. The highest BCUT2D eigenvalue weighted by Crippen LogP contribution is 2.39. The number of halogens is 6. The molecule has 3 unspecified atom stereocenters. The van der Waals surface area contributed by atoms with Crippen LogP contribution >= 0.6 is 0 Å². The SMILES string of the molecule is O=C(NC1CC2CC1CN2C(=O)OCc1cc(C(F)(F)F)cc(C(F)(F)F)c1)c1ccc2n[nH]nc2c1. The smallest absolute Gasteiger partial charge is 0.416 e. The summed E-state index contributed by atoms with van der Waals surface area (Å²) in [7, 11) is 0. The standard InChI is InChI=1S/C23H19F6N5O3/c24-22(25,26)14-3-11(4-15(7-14)23(27,28)29)10-37-21(36)34-9-13-5-16(34)8-18(13)30-20(35)12-1-2-17-19(6-12)32-33-31-17/h1-4,6-7,13,16,18H,5,8-10H2,(H,30,35)(H,31,32,33). The Labute approximate surface area is 204 Å². The highest BCUT2D eigenvalue weighted by molar-refractivity contribution is 5.97. The van der Waals surface area contributed by atoms with Crippen LogP contribution < -0.4 is 5.32 Å². The lowest BCUT2D eigenvalue weighted by atomic mass is 10.0. The van der Waals surface area contributed by atoms with Crippen LogP contribution in [-0.4, -0.2) is 50.9 Å². The number of rotatable bonds is 4. The second-order valence-electron chi connectivity index (χ2n) is 9.11. The van der Waals surface area contributed by atoms with Crippen molar-refractivity contribution >= 4 is 23.0 Å². The van der Waals surface area contributed by atoms with Crippen LogP contribution in [-0.2, 0) is 23.7 Å². The molecular formula is C23H19F6N5O3. The number of aromatic amines is 1. The molecule has 1 saturated heterocycles. The van der Waals surface area contributed by atoms with E-state index in [1.54, 1.807) is 18.2 Å². The first-order valence-corrected chi connectivity index (χ1v) is 11.2. The first-order chi connectivity index (χ1) is 17.4. The molecule has 2 aliphatic rings. The summed E-state index contributed by atoms with van der Waals surface area (Å²) in [6.07, 6.45) is -9.79. The summed E-state index contributed by atoms with van der Waals surface area (Å²) in [5, 5.41) is 13.3. The van der Waals surface area contributed by atoms with Gasteiger partial charge in [-0.1, -0.05) is 0 Å². The number of likely N-dealkylation sites (tertiary alicyclic amines) is 1. The number of hydrogen-bond donors (Lipinski definition) is 2. The van der Waals surface area contributed by atoms with Gasteiger partial charge in [-0.15, -0.1) is 0 Å². The van der Waals surface area contributed by atoms with E-state index in [4.69, 9.17) is 4.74 Å². The van der Waals surface area contributed by atoms with Gasteiger partial charge in [-0.25, -0.2) is 4.79 Å². The lowest BCUT2D eigenvalue weighted by Gasteiger charge is -2.31. The van der Waals surface area contributed by atoms with Gasteiger partial charge in [0.2, 0.25) is 0 Å². The predicted molar refractivity (Wildman–Crippen MR) is 115 cm³/mol. The maximum Gasteiger partial charge on any atom is 0.416 e. The van der Waals surface area contributed by atoms with Gasteiger partial charge < -0.3 is 15.0 Å². The lowest BCUT2D eigenvalue weighted by molar-refractivity contribution is -0.143. The number of hydrogen-bond acceptors (Lipinski definition) is 5. The van der Waals surface area contributed by atoms with Crippen LogP contribution in [0.15, 0.2) is 36.4 Å². The van der Waals surface area contributed by atoms with Gasteiger partial charge in [0, 0.05) is 24.2 Å². The topological polar surface area (TPSA) is 100 Å². The number of carbonyl (C=O) groups excluding carboxylic acids is 2. The molecule has 1 aliphatic heterocycles. The summed E-state index contributed by atoms with van der Waals surface area (Å²) >= 11 is 0. The quantitative estimate of drug-likeness (QED) is 0.486. The normalized spacial score (nSPS) is 21.5. The molecule has 2 aromatic carbocycles. The Balaban J connectivity index is 1.19. The van der Waals surface area contributed by atoms with E-state index in [9.17, 15) is 35.9 Å². The van der Waals surface area contributed by atoms with Crippen molar-refractivity contribution in [2.45, 2.75) is 43.9 Å². The zero-order valence-corrected chi connectivity index (χ0v) is 18.9. The minimum absolute atomic E-state index is 0.0168. The zero-order chi connectivity index (χ0) is 26.5. The number of carbonyl (C=O) groups is 2. The number of fused-ring (bicyclic) bond motifs is 3. The minimum atomic E-state index is -4.99. The third-order valence-corrected chi connectivity index (χ3v) is 6.68. The molecule has 1 aromatic heterocycles. The molecule has 2 heterocycles. The molecule has 2 bridgehead atoms. The summed E-state index contributed by atoms with van der Waals surface area (Å²) in [6, 6.07) is 5.48. The van der Waals surface area contributed by atoms with Crippen LogP contribution in [0.3, 0.4) is 0 Å².